The molecule has 0 amide bonds. The highest BCUT2D eigenvalue weighted by Gasteiger charge is 2.31. The number of hydrogen-bond acceptors (Lipinski definition) is 2. The zero-order valence-corrected chi connectivity index (χ0v) is 10.4. The van der Waals surface area contributed by atoms with Gasteiger partial charge in [-0.1, -0.05) is 13.8 Å². The van der Waals surface area contributed by atoms with E-state index < -0.39 is 6.36 Å². The van der Waals surface area contributed by atoms with Crippen LogP contribution in [0.15, 0.2) is 18.2 Å². The van der Waals surface area contributed by atoms with Crippen LogP contribution in [0.4, 0.5) is 13.2 Å². The summed E-state index contributed by atoms with van der Waals surface area (Å²) in [5, 5.41) is 4.22. The van der Waals surface area contributed by atoms with Crippen molar-refractivity contribution < 1.29 is 22.6 Å². The van der Waals surface area contributed by atoms with Gasteiger partial charge in [0.1, 0.15) is 11.5 Å². The van der Waals surface area contributed by atoms with Crippen molar-refractivity contribution >= 4 is 0 Å². The van der Waals surface area contributed by atoms with Crippen LogP contribution >= 0.6 is 0 Å². The van der Waals surface area contributed by atoms with Gasteiger partial charge < -0.3 is 14.8 Å². The molecule has 0 aliphatic rings. The molecule has 1 rings (SSSR count). The topological polar surface area (TPSA) is 32.6 Å². The largest absolute Gasteiger partial charge is 0.656 e. The molecule has 1 aromatic rings. The summed E-state index contributed by atoms with van der Waals surface area (Å²) in [6, 6.07) is 4.04. The van der Waals surface area contributed by atoms with Crippen molar-refractivity contribution in [3.63, 3.8) is 0 Å². The Bertz CT molecular complexity index is 391. The number of nitrogens with zero attached hydrogens (tertiary/aromatic N) is 1. The number of methoxy groups -OCH3 is 1. The quantitative estimate of drug-likeness (QED) is 0.806. The van der Waals surface area contributed by atoms with Gasteiger partial charge in [-0.3, -0.25) is 0 Å². The van der Waals surface area contributed by atoms with Gasteiger partial charge in [-0.05, 0) is 23.8 Å². The summed E-state index contributed by atoms with van der Waals surface area (Å²) in [7, 11) is 1.46. The number of hydrogen-bond donors (Lipinski definition) is 0. The van der Waals surface area contributed by atoms with E-state index in [1.54, 1.807) is 0 Å². The van der Waals surface area contributed by atoms with Crippen LogP contribution in [0, 0.1) is 0 Å². The van der Waals surface area contributed by atoms with Gasteiger partial charge in [-0.25, -0.2) is 0 Å². The van der Waals surface area contributed by atoms with Gasteiger partial charge in [0.25, 0.3) is 0 Å². The standard InChI is InChI=1S/C12H15F3NO2/c1-8(2)16-7-9-6-10(18-12(13,14)15)4-5-11(9)17-3/h4-6,8H,7H2,1-3H3/q-1. The lowest BCUT2D eigenvalue weighted by Crippen LogP contribution is -2.17. The molecule has 0 aromatic heterocycles. The average molecular weight is 262 g/mol. The fraction of sp³-hybridized carbons (Fsp3) is 0.500. The summed E-state index contributed by atoms with van der Waals surface area (Å²) in [6.45, 7) is 4.07. The van der Waals surface area contributed by atoms with Gasteiger partial charge in [0.15, 0.2) is 0 Å². The second kappa shape index (κ2) is 5.95. The Morgan fingerprint density at radius 1 is 1.28 bits per heavy atom. The summed E-state index contributed by atoms with van der Waals surface area (Å²) < 4.78 is 45.2. The van der Waals surface area contributed by atoms with E-state index in [2.05, 4.69) is 10.1 Å². The van der Waals surface area contributed by atoms with E-state index in [9.17, 15) is 13.2 Å². The van der Waals surface area contributed by atoms with Crippen LogP contribution in [0.5, 0.6) is 11.5 Å². The zero-order valence-electron chi connectivity index (χ0n) is 10.4. The van der Waals surface area contributed by atoms with E-state index >= 15 is 0 Å². The molecule has 18 heavy (non-hydrogen) atoms. The third kappa shape index (κ3) is 4.83. The van der Waals surface area contributed by atoms with Crippen molar-refractivity contribution in [3.8, 4) is 11.5 Å². The molecule has 0 heterocycles. The fourth-order valence-electron chi connectivity index (χ4n) is 1.36. The molecule has 0 spiro atoms. The van der Waals surface area contributed by atoms with Crippen molar-refractivity contribution in [2.45, 2.75) is 32.8 Å². The van der Waals surface area contributed by atoms with Crippen molar-refractivity contribution in [1.82, 2.24) is 0 Å². The van der Waals surface area contributed by atoms with Crippen LogP contribution in [0.2, 0.25) is 0 Å². The van der Waals surface area contributed by atoms with Crippen molar-refractivity contribution in [3.05, 3.63) is 29.1 Å². The molecule has 0 aliphatic heterocycles. The Hall–Kier alpha value is -1.43. The summed E-state index contributed by atoms with van der Waals surface area (Å²) in [5.41, 5.74) is 0.563. The maximum atomic E-state index is 12.1. The van der Waals surface area contributed by atoms with E-state index in [0.29, 0.717) is 11.3 Å². The van der Waals surface area contributed by atoms with Gasteiger partial charge >= 0.3 is 6.36 Å². The molecule has 0 fully saturated rings. The van der Waals surface area contributed by atoms with E-state index in [4.69, 9.17) is 4.74 Å². The molecule has 0 saturated heterocycles. The summed E-state index contributed by atoms with van der Waals surface area (Å²) in [5.74, 6) is 0.228. The highest BCUT2D eigenvalue weighted by Crippen LogP contribution is 2.29. The smallest absolute Gasteiger partial charge is 0.573 e. The van der Waals surface area contributed by atoms with Gasteiger partial charge in [0.05, 0.1) is 7.11 Å². The molecule has 0 unspecified atom stereocenters. The molecule has 3 nitrogen and oxygen atoms in total. The third-order valence-corrected chi connectivity index (χ3v) is 2.11. The normalized spacial score (nSPS) is 11.7. The number of benzene rings is 1. The number of rotatable bonds is 5. The molecule has 0 radical (unpaired) electrons. The minimum atomic E-state index is -4.69. The van der Waals surface area contributed by atoms with E-state index in [0.717, 1.165) is 0 Å². The predicted octanol–water partition coefficient (Wildman–Crippen LogP) is 3.88. The summed E-state index contributed by atoms with van der Waals surface area (Å²) in [4.78, 5) is 0. The minimum Gasteiger partial charge on any atom is -0.656 e. The average Bonchev–Trinajstić information content (AvgIpc) is 2.24. The molecule has 0 saturated carbocycles. The SMILES string of the molecule is COc1ccc(OC(F)(F)F)cc1C[N-]C(C)C. The molecule has 6 heteroatoms. The maximum Gasteiger partial charge on any atom is 0.573 e. The Morgan fingerprint density at radius 2 is 1.94 bits per heavy atom. The highest BCUT2D eigenvalue weighted by atomic mass is 19.4. The van der Waals surface area contributed by atoms with E-state index in [-0.39, 0.29) is 18.3 Å². The molecule has 0 atom stereocenters. The minimum absolute atomic E-state index is 0.0990. The first-order valence-corrected chi connectivity index (χ1v) is 5.41. The summed E-state index contributed by atoms with van der Waals surface area (Å²) >= 11 is 0. The lowest BCUT2D eigenvalue weighted by atomic mass is 10.2. The third-order valence-electron chi connectivity index (χ3n) is 2.11. The Kier molecular flexibility index (Phi) is 4.84. The zero-order chi connectivity index (χ0) is 13.8. The molecule has 0 N–H and O–H groups in total. The fourth-order valence-corrected chi connectivity index (χ4v) is 1.36. The Morgan fingerprint density at radius 3 is 2.44 bits per heavy atom. The Balaban J connectivity index is 2.87. The molecular formula is C12H15F3NO2-. The molecule has 102 valence electrons. The first kappa shape index (κ1) is 14.6. The van der Waals surface area contributed by atoms with Crippen LogP contribution < -0.4 is 9.47 Å². The number of ether oxygens (including phenoxy) is 2. The van der Waals surface area contributed by atoms with Crippen molar-refractivity contribution in [1.29, 1.82) is 0 Å². The van der Waals surface area contributed by atoms with Crippen LogP contribution in [0.1, 0.15) is 19.4 Å². The van der Waals surface area contributed by atoms with Gasteiger partial charge in [-0.2, -0.15) is 0 Å². The van der Waals surface area contributed by atoms with Crippen LogP contribution in [-0.2, 0) is 6.54 Å². The van der Waals surface area contributed by atoms with Crippen LogP contribution in [0.25, 0.3) is 5.32 Å². The summed E-state index contributed by atoms with van der Waals surface area (Å²) in [6.07, 6.45) is -4.69. The van der Waals surface area contributed by atoms with Gasteiger partial charge in [-0.15, -0.1) is 25.8 Å². The highest BCUT2D eigenvalue weighted by molar-refractivity contribution is 5.41. The lowest BCUT2D eigenvalue weighted by Gasteiger charge is -2.25. The second-order valence-electron chi connectivity index (χ2n) is 3.96. The van der Waals surface area contributed by atoms with E-state index in [1.807, 2.05) is 13.8 Å². The monoisotopic (exact) mass is 262 g/mol. The van der Waals surface area contributed by atoms with Crippen LogP contribution in [0.3, 0.4) is 0 Å². The first-order valence-electron chi connectivity index (χ1n) is 5.41. The molecule has 0 bridgehead atoms. The number of alkyl halides is 3. The lowest BCUT2D eigenvalue weighted by molar-refractivity contribution is -0.274. The van der Waals surface area contributed by atoms with Crippen LogP contribution in [-0.4, -0.2) is 19.5 Å². The maximum absolute atomic E-state index is 12.1. The molecule has 1 aromatic carbocycles. The Labute approximate surface area is 104 Å². The second-order valence-corrected chi connectivity index (χ2v) is 3.96. The van der Waals surface area contributed by atoms with Crippen molar-refractivity contribution in [2.75, 3.05) is 7.11 Å². The number of halogens is 3. The molecular weight excluding hydrogens is 247 g/mol. The first-order chi connectivity index (χ1) is 8.31. The van der Waals surface area contributed by atoms with Crippen molar-refractivity contribution in [2.24, 2.45) is 0 Å². The van der Waals surface area contributed by atoms with Gasteiger partial charge in [0.2, 0.25) is 0 Å². The predicted molar refractivity (Wildman–Crippen MR) is 61.9 cm³/mol. The van der Waals surface area contributed by atoms with Gasteiger partial charge in [0, 0.05) is 0 Å². The molecule has 0 aliphatic carbocycles. The van der Waals surface area contributed by atoms with E-state index in [1.165, 1.54) is 25.3 Å².